The zero-order valence-electron chi connectivity index (χ0n) is 11.2. The SMILES string of the molecule is CC(O)(Cc1cccc(F)c1)C1CCCCCC1. The first-order valence-corrected chi connectivity index (χ1v) is 7.05. The first kappa shape index (κ1) is 13.5. The van der Waals surface area contributed by atoms with Gasteiger partial charge in [0.2, 0.25) is 0 Å². The Morgan fingerprint density at radius 3 is 2.50 bits per heavy atom. The van der Waals surface area contributed by atoms with Gasteiger partial charge in [0.25, 0.3) is 0 Å². The second-order valence-electron chi connectivity index (χ2n) is 5.85. The minimum Gasteiger partial charge on any atom is -0.390 e. The monoisotopic (exact) mass is 250 g/mol. The number of benzene rings is 1. The summed E-state index contributed by atoms with van der Waals surface area (Å²) in [5, 5.41) is 10.7. The lowest BCUT2D eigenvalue weighted by Gasteiger charge is -2.32. The molecule has 2 rings (SSSR count). The Morgan fingerprint density at radius 1 is 1.22 bits per heavy atom. The number of hydrogen-bond donors (Lipinski definition) is 1. The van der Waals surface area contributed by atoms with Crippen molar-refractivity contribution in [1.29, 1.82) is 0 Å². The molecule has 18 heavy (non-hydrogen) atoms. The minimum atomic E-state index is -0.710. The Balaban J connectivity index is 2.05. The zero-order valence-corrected chi connectivity index (χ0v) is 11.2. The first-order valence-electron chi connectivity index (χ1n) is 7.05. The van der Waals surface area contributed by atoms with E-state index in [1.165, 1.54) is 37.8 Å². The number of aliphatic hydroxyl groups is 1. The summed E-state index contributed by atoms with van der Waals surface area (Å²) in [7, 11) is 0. The molecular formula is C16H23FO. The molecule has 1 fully saturated rings. The highest BCUT2D eigenvalue weighted by Crippen LogP contribution is 2.33. The van der Waals surface area contributed by atoms with Gasteiger partial charge in [-0.3, -0.25) is 0 Å². The molecular weight excluding hydrogens is 227 g/mol. The van der Waals surface area contributed by atoms with Gasteiger partial charge in [0.15, 0.2) is 0 Å². The molecule has 0 saturated heterocycles. The van der Waals surface area contributed by atoms with Gasteiger partial charge in [-0.25, -0.2) is 4.39 Å². The molecule has 2 heteroatoms. The van der Waals surface area contributed by atoms with Crippen LogP contribution in [-0.2, 0) is 6.42 Å². The summed E-state index contributed by atoms with van der Waals surface area (Å²) in [6, 6.07) is 6.59. The van der Waals surface area contributed by atoms with Crippen molar-refractivity contribution in [2.24, 2.45) is 5.92 Å². The molecule has 1 aliphatic rings. The Labute approximate surface area is 109 Å². The zero-order chi connectivity index (χ0) is 13.0. The van der Waals surface area contributed by atoms with Crippen molar-refractivity contribution in [2.75, 3.05) is 0 Å². The van der Waals surface area contributed by atoms with E-state index in [-0.39, 0.29) is 5.82 Å². The first-order chi connectivity index (χ1) is 8.58. The molecule has 1 nitrogen and oxygen atoms in total. The van der Waals surface area contributed by atoms with Crippen LogP contribution in [-0.4, -0.2) is 10.7 Å². The quantitative estimate of drug-likeness (QED) is 0.801. The van der Waals surface area contributed by atoms with Gasteiger partial charge < -0.3 is 5.11 Å². The van der Waals surface area contributed by atoms with E-state index >= 15 is 0 Å². The van der Waals surface area contributed by atoms with Crippen LogP contribution in [0, 0.1) is 11.7 Å². The summed E-state index contributed by atoms with van der Waals surface area (Å²) in [5.74, 6) is 0.132. The van der Waals surface area contributed by atoms with E-state index in [0.717, 1.165) is 18.4 Å². The molecule has 1 aliphatic carbocycles. The predicted octanol–water partition coefficient (Wildman–Crippen LogP) is 4.09. The van der Waals surface area contributed by atoms with E-state index < -0.39 is 5.60 Å². The van der Waals surface area contributed by atoms with Crippen molar-refractivity contribution in [2.45, 2.75) is 57.5 Å². The normalized spacial score (nSPS) is 21.3. The molecule has 1 atom stereocenters. The van der Waals surface area contributed by atoms with Crippen LogP contribution in [0.2, 0.25) is 0 Å². The fourth-order valence-electron chi connectivity index (χ4n) is 3.11. The van der Waals surface area contributed by atoms with Crippen LogP contribution in [0.15, 0.2) is 24.3 Å². The van der Waals surface area contributed by atoms with Gasteiger partial charge >= 0.3 is 0 Å². The van der Waals surface area contributed by atoms with Gasteiger partial charge in [-0.1, -0.05) is 37.8 Å². The van der Waals surface area contributed by atoms with E-state index in [4.69, 9.17) is 0 Å². The van der Waals surface area contributed by atoms with E-state index in [2.05, 4.69) is 0 Å². The maximum Gasteiger partial charge on any atom is 0.123 e. The molecule has 1 aromatic carbocycles. The Hall–Kier alpha value is -0.890. The minimum absolute atomic E-state index is 0.218. The highest BCUT2D eigenvalue weighted by molar-refractivity contribution is 5.18. The van der Waals surface area contributed by atoms with E-state index in [1.807, 2.05) is 13.0 Å². The highest BCUT2D eigenvalue weighted by Gasteiger charge is 2.32. The predicted molar refractivity (Wildman–Crippen MR) is 71.9 cm³/mol. The van der Waals surface area contributed by atoms with Gasteiger partial charge in [-0.15, -0.1) is 0 Å². The molecule has 1 N–H and O–H groups in total. The molecule has 0 bridgehead atoms. The van der Waals surface area contributed by atoms with Crippen LogP contribution in [0.4, 0.5) is 4.39 Å². The molecule has 0 spiro atoms. The molecule has 1 saturated carbocycles. The van der Waals surface area contributed by atoms with E-state index in [0.29, 0.717) is 12.3 Å². The summed E-state index contributed by atoms with van der Waals surface area (Å²) in [4.78, 5) is 0. The number of halogens is 1. The molecule has 1 aromatic rings. The van der Waals surface area contributed by atoms with Gasteiger partial charge in [-0.2, -0.15) is 0 Å². The largest absolute Gasteiger partial charge is 0.390 e. The van der Waals surface area contributed by atoms with Crippen molar-refractivity contribution in [1.82, 2.24) is 0 Å². The lowest BCUT2D eigenvalue weighted by atomic mass is 9.79. The maximum atomic E-state index is 13.2. The lowest BCUT2D eigenvalue weighted by molar-refractivity contribution is -0.00718. The molecule has 0 aliphatic heterocycles. The lowest BCUT2D eigenvalue weighted by Crippen LogP contribution is -2.36. The van der Waals surface area contributed by atoms with Crippen molar-refractivity contribution >= 4 is 0 Å². The van der Waals surface area contributed by atoms with Gasteiger partial charge in [0.1, 0.15) is 5.82 Å². The third kappa shape index (κ3) is 3.55. The van der Waals surface area contributed by atoms with Crippen molar-refractivity contribution in [3.8, 4) is 0 Å². The van der Waals surface area contributed by atoms with E-state index in [1.54, 1.807) is 6.07 Å². The topological polar surface area (TPSA) is 20.2 Å². The average Bonchev–Trinajstić information content (AvgIpc) is 2.57. The maximum absolute atomic E-state index is 13.2. The third-order valence-electron chi connectivity index (χ3n) is 4.19. The summed E-state index contributed by atoms with van der Waals surface area (Å²) >= 11 is 0. The van der Waals surface area contributed by atoms with Gasteiger partial charge in [-0.05, 0) is 43.4 Å². The molecule has 0 heterocycles. The smallest absolute Gasteiger partial charge is 0.123 e. The standard InChI is InChI=1S/C16H23FO/c1-16(18,14-8-4-2-3-5-9-14)12-13-7-6-10-15(17)11-13/h6-7,10-11,14,18H,2-5,8-9,12H2,1H3. The van der Waals surface area contributed by atoms with Crippen LogP contribution in [0.1, 0.15) is 51.0 Å². The highest BCUT2D eigenvalue weighted by atomic mass is 19.1. The summed E-state index contributed by atoms with van der Waals surface area (Å²) in [6.45, 7) is 1.91. The van der Waals surface area contributed by atoms with E-state index in [9.17, 15) is 9.50 Å². The molecule has 1 unspecified atom stereocenters. The fraction of sp³-hybridized carbons (Fsp3) is 0.625. The van der Waals surface area contributed by atoms with Gasteiger partial charge in [0.05, 0.1) is 5.60 Å². The molecule has 100 valence electrons. The third-order valence-corrected chi connectivity index (χ3v) is 4.19. The van der Waals surface area contributed by atoms with Crippen LogP contribution >= 0.6 is 0 Å². The Kier molecular flexibility index (Phi) is 4.39. The van der Waals surface area contributed by atoms with Crippen LogP contribution in [0.5, 0.6) is 0 Å². The van der Waals surface area contributed by atoms with Crippen LogP contribution in [0.3, 0.4) is 0 Å². The molecule has 0 amide bonds. The second-order valence-corrected chi connectivity index (χ2v) is 5.85. The van der Waals surface area contributed by atoms with Crippen molar-refractivity contribution < 1.29 is 9.50 Å². The van der Waals surface area contributed by atoms with Gasteiger partial charge in [0, 0.05) is 6.42 Å². The Morgan fingerprint density at radius 2 is 1.89 bits per heavy atom. The van der Waals surface area contributed by atoms with Crippen LogP contribution in [0.25, 0.3) is 0 Å². The Bertz CT molecular complexity index is 378. The molecule has 0 aromatic heterocycles. The van der Waals surface area contributed by atoms with Crippen LogP contribution < -0.4 is 0 Å². The van der Waals surface area contributed by atoms with Crippen molar-refractivity contribution in [3.05, 3.63) is 35.6 Å². The summed E-state index contributed by atoms with van der Waals surface area (Å²) in [6.07, 6.45) is 7.74. The summed E-state index contributed by atoms with van der Waals surface area (Å²) in [5.41, 5.74) is 0.183. The number of hydrogen-bond acceptors (Lipinski definition) is 1. The number of rotatable bonds is 3. The summed E-state index contributed by atoms with van der Waals surface area (Å²) < 4.78 is 13.2. The average molecular weight is 250 g/mol. The second kappa shape index (κ2) is 5.83. The molecule has 0 radical (unpaired) electrons. The van der Waals surface area contributed by atoms with Crippen molar-refractivity contribution in [3.63, 3.8) is 0 Å². The fourth-order valence-corrected chi connectivity index (χ4v) is 3.11.